The molecule has 0 radical (unpaired) electrons. The Labute approximate surface area is 101 Å². The van der Waals surface area contributed by atoms with Crippen molar-refractivity contribution >= 4 is 5.69 Å². The van der Waals surface area contributed by atoms with Crippen molar-refractivity contribution < 1.29 is 4.92 Å². The van der Waals surface area contributed by atoms with Gasteiger partial charge in [-0.15, -0.1) is 0 Å². The van der Waals surface area contributed by atoms with E-state index in [1.807, 2.05) is 13.0 Å². The molecule has 17 heavy (non-hydrogen) atoms. The summed E-state index contributed by atoms with van der Waals surface area (Å²) in [4.78, 5) is 10.3. The van der Waals surface area contributed by atoms with Crippen molar-refractivity contribution in [1.82, 2.24) is 5.32 Å². The summed E-state index contributed by atoms with van der Waals surface area (Å²) in [6.07, 6.45) is 4.85. The van der Waals surface area contributed by atoms with E-state index in [0.717, 1.165) is 18.5 Å². The minimum Gasteiger partial charge on any atom is -0.310 e. The van der Waals surface area contributed by atoms with Gasteiger partial charge in [0.2, 0.25) is 0 Å². The molecule has 0 aromatic heterocycles. The molecule has 92 valence electrons. The Morgan fingerprint density at radius 3 is 2.88 bits per heavy atom. The van der Waals surface area contributed by atoms with Crippen LogP contribution in [0, 0.1) is 17.0 Å². The molecule has 1 heterocycles. The van der Waals surface area contributed by atoms with E-state index in [2.05, 4.69) is 5.32 Å². The van der Waals surface area contributed by atoms with E-state index in [1.165, 1.54) is 24.8 Å². The predicted molar refractivity (Wildman–Crippen MR) is 67.0 cm³/mol. The first kappa shape index (κ1) is 12.0. The van der Waals surface area contributed by atoms with Crippen LogP contribution in [0.5, 0.6) is 0 Å². The maximum Gasteiger partial charge on any atom is 0.269 e. The summed E-state index contributed by atoms with van der Waals surface area (Å²) in [5, 5.41) is 14.2. The van der Waals surface area contributed by atoms with Gasteiger partial charge in [0.05, 0.1) is 4.92 Å². The number of aryl methyl sites for hydroxylation is 1. The summed E-state index contributed by atoms with van der Waals surface area (Å²) < 4.78 is 0. The van der Waals surface area contributed by atoms with Gasteiger partial charge in [-0.05, 0) is 37.4 Å². The van der Waals surface area contributed by atoms with Gasteiger partial charge in [0.15, 0.2) is 0 Å². The Hall–Kier alpha value is -1.42. The molecule has 4 heteroatoms. The van der Waals surface area contributed by atoms with E-state index < -0.39 is 0 Å². The first-order valence-electron chi connectivity index (χ1n) is 6.17. The Bertz CT molecular complexity index is 410. The molecule has 1 atom stereocenters. The zero-order chi connectivity index (χ0) is 12.3. The lowest BCUT2D eigenvalue weighted by atomic mass is 9.97. The van der Waals surface area contributed by atoms with Crippen molar-refractivity contribution in [2.45, 2.75) is 38.6 Å². The summed E-state index contributed by atoms with van der Waals surface area (Å²) in [6.45, 7) is 3.00. The molecular formula is C13H18N2O2. The van der Waals surface area contributed by atoms with Gasteiger partial charge >= 0.3 is 0 Å². The topological polar surface area (TPSA) is 55.2 Å². The zero-order valence-corrected chi connectivity index (χ0v) is 10.1. The lowest BCUT2D eigenvalue weighted by molar-refractivity contribution is -0.384. The van der Waals surface area contributed by atoms with Crippen LogP contribution in [-0.4, -0.2) is 11.5 Å². The fourth-order valence-corrected chi connectivity index (χ4v) is 2.46. The third-order valence-electron chi connectivity index (χ3n) is 3.40. The van der Waals surface area contributed by atoms with Gasteiger partial charge in [-0.3, -0.25) is 10.1 Å². The fraction of sp³-hybridized carbons (Fsp3) is 0.538. The molecular weight excluding hydrogens is 216 g/mol. The van der Waals surface area contributed by atoms with Crippen molar-refractivity contribution in [3.05, 3.63) is 39.4 Å². The molecule has 0 amide bonds. The Morgan fingerprint density at radius 1 is 1.35 bits per heavy atom. The van der Waals surface area contributed by atoms with Crippen LogP contribution in [0.25, 0.3) is 0 Å². The zero-order valence-electron chi connectivity index (χ0n) is 10.1. The molecule has 1 saturated heterocycles. The number of hydrogen-bond acceptors (Lipinski definition) is 3. The quantitative estimate of drug-likeness (QED) is 0.632. The summed E-state index contributed by atoms with van der Waals surface area (Å²) in [6, 6.07) is 5.53. The number of hydrogen-bond donors (Lipinski definition) is 1. The lowest BCUT2D eigenvalue weighted by Gasteiger charge is -2.18. The van der Waals surface area contributed by atoms with Crippen molar-refractivity contribution in [1.29, 1.82) is 0 Å². The average molecular weight is 234 g/mol. The molecule has 1 aliphatic heterocycles. The van der Waals surface area contributed by atoms with Gasteiger partial charge < -0.3 is 5.32 Å². The second-order valence-electron chi connectivity index (χ2n) is 4.65. The monoisotopic (exact) mass is 234 g/mol. The highest BCUT2D eigenvalue weighted by Crippen LogP contribution is 2.27. The Kier molecular flexibility index (Phi) is 3.74. The van der Waals surface area contributed by atoms with Crippen LogP contribution in [-0.2, 0) is 0 Å². The van der Waals surface area contributed by atoms with E-state index in [1.54, 1.807) is 12.1 Å². The van der Waals surface area contributed by atoms with Crippen molar-refractivity contribution in [2.75, 3.05) is 6.54 Å². The summed E-state index contributed by atoms with van der Waals surface area (Å²) in [5.74, 6) is 0. The molecule has 0 saturated carbocycles. The smallest absolute Gasteiger partial charge is 0.269 e. The Balaban J connectivity index is 2.22. The number of non-ortho nitro benzene ring substituents is 1. The standard InChI is InChI=1S/C13H18N2O2/c1-10-9-11(15(16)17)6-7-12(10)13-5-3-2-4-8-14-13/h6-7,9,13-14H,2-5,8H2,1H3. The van der Waals surface area contributed by atoms with Crippen LogP contribution in [0.2, 0.25) is 0 Å². The van der Waals surface area contributed by atoms with Crippen molar-refractivity contribution in [2.24, 2.45) is 0 Å². The maximum atomic E-state index is 10.7. The SMILES string of the molecule is Cc1cc([N+](=O)[O-])ccc1C1CCCCCN1. The number of rotatable bonds is 2. The van der Waals surface area contributed by atoms with Crippen molar-refractivity contribution in [3.63, 3.8) is 0 Å². The fourth-order valence-electron chi connectivity index (χ4n) is 2.46. The minimum absolute atomic E-state index is 0.180. The molecule has 0 spiro atoms. The third kappa shape index (κ3) is 2.82. The van der Waals surface area contributed by atoms with E-state index in [-0.39, 0.29) is 10.6 Å². The predicted octanol–water partition coefficient (Wildman–Crippen LogP) is 3.11. The number of nitro benzene ring substituents is 1. The molecule has 0 aliphatic carbocycles. The molecule has 0 bridgehead atoms. The van der Waals surface area contributed by atoms with Gasteiger partial charge in [0.25, 0.3) is 5.69 Å². The number of nitro groups is 1. The highest BCUT2D eigenvalue weighted by Gasteiger charge is 2.17. The minimum atomic E-state index is -0.336. The highest BCUT2D eigenvalue weighted by atomic mass is 16.6. The normalized spacial score (nSPS) is 20.9. The highest BCUT2D eigenvalue weighted by molar-refractivity contribution is 5.40. The summed E-state index contributed by atoms with van der Waals surface area (Å²) >= 11 is 0. The molecule has 4 nitrogen and oxygen atoms in total. The number of benzene rings is 1. The van der Waals surface area contributed by atoms with E-state index in [4.69, 9.17) is 0 Å². The van der Waals surface area contributed by atoms with Crippen LogP contribution in [0.15, 0.2) is 18.2 Å². The molecule has 2 rings (SSSR count). The summed E-state index contributed by atoms with van der Waals surface area (Å²) in [7, 11) is 0. The summed E-state index contributed by atoms with van der Waals surface area (Å²) in [5.41, 5.74) is 2.40. The van der Waals surface area contributed by atoms with E-state index >= 15 is 0 Å². The molecule has 1 aromatic carbocycles. The van der Waals surface area contributed by atoms with Crippen molar-refractivity contribution in [3.8, 4) is 0 Å². The molecule has 1 aliphatic rings. The van der Waals surface area contributed by atoms with Crippen LogP contribution < -0.4 is 5.32 Å². The maximum absolute atomic E-state index is 10.7. The third-order valence-corrected chi connectivity index (χ3v) is 3.40. The Morgan fingerprint density at radius 2 is 2.18 bits per heavy atom. The second kappa shape index (κ2) is 5.27. The van der Waals surface area contributed by atoms with Crippen LogP contribution in [0.3, 0.4) is 0 Å². The van der Waals surface area contributed by atoms with Crippen LogP contribution >= 0.6 is 0 Å². The molecule has 1 fully saturated rings. The number of nitrogens with one attached hydrogen (secondary N) is 1. The molecule has 1 N–H and O–H groups in total. The number of nitrogens with zero attached hydrogens (tertiary/aromatic N) is 1. The van der Waals surface area contributed by atoms with Gasteiger partial charge in [0.1, 0.15) is 0 Å². The van der Waals surface area contributed by atoms with E-state index in [0.29, 0.717) is 6.04 Å². The van der Waals surface area contributed by atoms with Gasteiger partial charge in [-0.2, -0.15) is 0 Å². The molecule has 1 aromatic rings. The van der Waals surface area contributed by atoms with Crippen LogP contribution in [0.4, 0.5) is 5.69 Å². The lowest BCUT2D eigenvalue weighted by Crippen LogP contribution is -2.21. The van der Waals surface area contributed by atoms with E-state index in [9.17, 15) is 10.1 Å². The van der Waals surface area contributed by atoms with Gasteiger partial charge in [-0.25, -0.2) is 0 Å². The largest absolute Gasteiger partial charge is 0.310 e. The molecule has 1 unspecified atom stereocenters. The van der Waals surface area contributed by atoms with Crippen LogP contribution in [0.1, 0.15) is 42.9 Å². The van der Waals surface area contributed by atoms with Gasteiger partial charge in [-0.1, -0.05) is 18.9 Å². The first-order valence-corrected chi connectivity index (χ1v) is 6.17. The first-order chi connectivity index (χ1) is 8.18. The average Bonchev–Trinajstić information content (AvgIpc) is 2.57. The second-order valence-corrected chi connectivity index (χ2v) is 4.65. The van der Waals surface area contributed by atoms with Gasteiger partial charge in [0, 0.05) is 18.2 Å².